The third-order valence-electron chi connectivity index (χ3n) is 2.45. The first-order valence-electron chi connectivity index (χ1n) is 4.53. The third kappa shape index (κ3) is 1.44. The fraction of sp³-hybridized carbons (Fsp3) is 0.364. The number of aryl methyl sites for hydroxylation is 2. The van der Waals surface area contributed by atoms with Crippen LogP contribution in [0.3, 0.4) is 0 Å². The fourth-order valence-corrected chi connectivity index (χ4v) is 1.80. The summed E-state index contributed by atoms with van der Waals surface area (Å²) in [4.78, 5) is 5.27. The molecule has 0 radical (unpaired) electrons. The van der Waals surface area contributed by atoms with E-state index < -0.39 is 0 Å². The van der Waals surface area contributed by atoms with E-state index in [2.05, 4.69) is 37.2 Å². The lowest BCUT2D eigenvalue weighted by molar-refractivity contribution is 0.0849. The second-order valence-corrected chi connectivity index (χ2v) is 3.42. The van der Waals surface area contributed by atoms with E-state index in [-0.39, 0.29) is 6.10 Å². The van der Waals surface area contributed by atoms with Crippen LogP contribution in [0.1, 0.15) is 29.2 Å². The summed E-state index contributed by atoms with van der Waals surface area (Å²) >= 11 is 0. The highest BCUT2D eigenvalue weighted by atomic mass is 16.6. The predicted octanol–water partition coefficient (Wildman–Crippen LogP) is 2.75. The first-order chi connectivity index (χ1) is 6.29. The van der Waals surface area contributed by atoms with E-state index in [1.54, 1.807) is 0 Å². The number of hydrogen-bond acceptors (Lipinski definition) is 2. The molecule has 0 N–H and O–H groups in total. The van der Waals surface area contributed by atoms with Crippen molar-refractivity contribution in [1.82, 2.24) is 0 Å². The van der Waals surface area contributed by atoms with Crippen LogP contribution in [0.4, 0.5) is 0 Å². The molecule has 0 aromatic heterocycles. The van der Waals surface area contributed by atoms with Gasteiger partial charge in [0.1, 0.15) is 0 Å². The molecular formula is C11H13NO. The second kappa shape index (κ2) is 3.21. The van der Waals surface area contributed by atoms with Crippen LogP contribution < -0.4 is 0 Å². The van der Waals surface area contributed by atoms with Crippen molar-refractivity contribution in [1.29, 1.82) is 0 Å². The van der Waals surface area contributed by atoms with Crippen LogP contribution in [-0.2, 0) is 4.84 Å². The molecule has 1 aliphatic heterocycles. The summed E-state index contributed by atoms with van der Waals surface area (Å²) in [6.45, 7) is 4.23. The SMILES string of the molecule is Cc1cccc(C)c1C1CC=NO1. The van der Waals surface area contributed by atoms with E-state index in [0.717, 1.165) is 6.42 Å². The molecule has 2 rings (SSSR count). The number of hydrogen-bond donors (Lipinski definition) is 0. The maximum atomic E-state index is 5.27. The van der Waals surface area contributed by atoms with E-state index in [0.29, 0.717) is 0 Å². The van der Waals surface area contributed by atoms with Crippen LogP contribution in [-0.4, -0.2) is 6.21 Å². The Morgan fingerprint density at radius 2 is 2.00 bits per heavy atom. The fourth-order valence-electron chi connectivity index (χ4n) is 1.80. The monoisotopic (exact) mass is 175 g/mol. The average Bonchev–Trinajstić information content (AvgIpc) is 2.57. The summed E-state index contributed by atoms with van der Waals surface area (Å²) < 4.78 is 0. The maximum absolute atomic E-state index is 5.27. The molecule has 0 saturated carbocycles. The van der Waals surface area contributed by atoms with Crippen LogP contribution in [0.5, 0.6) is 0 Å². The minimum atomic E-state index is 0.140. The lowest BCUT2D eigenvalue weighted by atomic mass is 9.97. The van der Waals surface area contributed by atoms with E-state index >= 15 is 0 Å². The molecule has 68 valence electrons. The number of rotatable bonds is 1. The Labute approximate surface area is 78.2 Å². The van der Waals surface area contributed by atoms with Gasteiger partial charge in [-0.2, -0.15) is 0 Å². The van der Waals surface area contributed by atoms with Crippen LogP contribution in [0.15, 0.2) is 23.4 Å². The summed E-state index contributed by atoms with van der Waals surface area (Å²) in [7, 11) is 0. The van der Waals surface area contributed by atoms with Crippen molar-refractivity contribution in [3.63, 3.8) is 0 Å². The molecule has 2 nitrogen and oxygen atoms in total. The Kier molecular flexibility index (Phi) is 2.05. The van der Waals surface area contributed by atoms with Gasteiger partial charge in [-0.3, -0.25) is 0 Å². The molecule has 1 unspecified atom stereocenters. The Bertz CT molecular complexity index is 316. The average molecular weight is 175 g/mol. The molecule has 1 aromatic rings. The Morgan fingerprint density at radius 3 is 2.54 bits per heavy atom. The summed E-state index contributed by atoms with van der Waals surface area (Å²) in [5.74, 6) is 0. The lowest BCUT2D eigenvalue weighted by Crippen LogP contribution is -2.01. The van der Waals surface area contributed by atoms with Gasteiger partial charge in [0.25, 0.3) is 0 Å². The highest BCUT2D eigenvalue weighted by Gasteiger charge is 2.19. The van der Waals surface area contributed by atoms with Gasteiger partial charge < -0.3 is 4.84 Å². The number of nitrogens with zero attached hydrogens (tertiary/aromatic N) is 1. The van der Waals surface area contributed by atoms with Crippen molar-refractivity contribution in [3.8, 4) is 0 Å². The molecule has 0 saturated heterocycles. The zero-order valence-electron chi connectivity index (χ0n) is 7.95. The van der Waals surface area contributed by atoms with Gasteiger partial charge in [-0.25, -0.2) is 0 Å². The van der Waals surface area contributed by atoms with Crippen LogP contribution in [0.25, 0.3) is 0 Å². The molecule has 2 heteroatoms. The normalized spacial score (nSPS) is 20.3. The zero-order chi connectivity index (χ0) is 9.26. The summed E-state index contributed by atoms with van der Waals surface area (Å²) in [5, 5.41) is 3.80. The van der Waals surface area contributed by atoms with Gasteiger partial charge in [-0.15, -0.1) is 0 Å². The minimum Gasteiger partial charge on any atom is -0.388 e. The largest absolute Gasteiger partial charge is 0.388 e. The first-order valence-corrected chi connectivity index (χ1v) is 4.53. The van der Waals surface area contributed by atoms with E-state index in [1.165, 1.54) is 16.7 Å². The van der Waals surface area contributed by atoms with E-state index in [4.69, 9.17) is 4.84 Å². The van der Waals surface area contributed by atoms with Crippen molar-refractivity contribution >= 4 is 6.21 Å². The van der Waals surface area contributed by atoms with Crippen molar-refractivity contribution in [2.75, 3.05) is 0 Å². The van der Waals surface area contributed by atoms with E-state index in [9.17, 15) is 0 Å². The van der Waals surface area contributed by atoms with Crippen LogP contribution in [0.2, 0.25) is 0 Å². The van der Waals surface area contributed by atoms with Gasteiger partial charge in [0, 0.05) is 18.2 Å². The number of oxime groups is 1. The molecule has 1 heterocycles. The van der Waals surface area contributed by atoms with Crippen molar-refractivity contribution in [2.45, 2.75) is 26.4 Å². The molecule has 0 bridgehead atoms. The van der Waals surface area contributed by atoms with Crippen molar-refractivity contribution in [2.24, 2.45) is 5.16 Å². The molecule has 0 amide bonds. The quantitative estimate of drug-likeness (QED) is 0.643. The van der Waals surface area contributed by atoms with E-state index in [1.807, 2.05) is 6.21 Å². The van der Waals surface area contributed by atoms with Crippen LogP contribution >= 0.6 is 0 Å². The molecule has 13 heavy (non-hydrogen) atoms. The second-order valence-electron chi connectivity index (χ2n) is 3.42. The van der Waals surface area contributed by atoms with Crippen molar-refractivity contribution < 1.29 is 4.84 Å². The standard InChI is InChI=1S/C11H13NO/c1-8-4-3-5-9(2)11(8)10-6-7-12-13-10/h3-5,7,10H,6H2,1-2H3. The zero-order valence-corrected chi connectivity index (χ0v) is 7.95. The maximum Gasteiger partial charge on any atom is 0.158 e. The number of benzene rings is 1. The van der Waals surface area contributed by atoms with Crippen LogP contribution in [0, 0.1) is 13.8 Å². The highest BCUT2D eigenvalue weighted by molar-refractivity contribution is 5.60. The van der Waals surface area contributed by atoms with Crippen molar-refractivity contribution in [3.05, 3.63) is 34.9 Å². The smallest absolute Gasteiger partial charge is 0.158 e. The Balaban J connectivity index is 2.38. The minimum absolute atomic E-state index is 0.140. The summed E-state index contributed by atoms with van der Waals surface area (Å²) in [5.41, 5.74) is 3.87. The molecule has 1 aliphatic rings. The summed E-state index contributed by atoms with van der Waals surface area (Å²) in [6, 6.07) is 6.30. The van der Waals surface area contributed by atoms with Gasteiger partial charge in [0.05, 0.1) is 0 Å². The van der Waals surface area contributed by atoms with Gasteiger partial charge in [-0.05, 0) is 25.0 Å². The highest BCUT2D eigenvalue weighted by Crippen LogP contribution is 2.29. The molecule has 0 aliphatic carbocycles. The molecule has 0 spiro atoms. The Morgan fingerprint density at radius 1 is 1.31 bits per heavy atom. The molecule has 1 atom stereocenters. The molecule has 0 fully saturated rings. The van der Waals surface area contributed by atoms with Gasteiger partial charge in [-0.1, -0.05) is 23.4 Å². The predicted molar refractivity (Wildman–Crippen MR) is 52.9 cm³/mol. The lowest BCUT2D eigenvalue weighted by Gasteiger charge is -2.14. The third-order valence-corrected chi connectivity index (χ3v) is 2.45. The Hall–Kier alpha value is -1.31. The summed E-state index contributed by atoms with van der Waals surface area (Å²) in [6.07, 6.45) is 2.86. The van der Waals surface area contributed by atoms with Gasteiger partial charge in [0.2, 0.25) is 0 Å². The van der Waals surface area contributed by atoms with Gasteiger partial charge >= 0.3 is 0 Å². The first kappa shape index (κ1) is 8.30. The van der Waals surface area contributed by atoms with Gasteiger partial charge in [0.15, 0.2) is 6.10 Å². The molecular weight excluding hydrogens is 162 g/mol. The molecule has 1 aromatic carbocycles. The topological polar surface area (TPSA) is 21.6 Å².